The number of hydrogen-bond acceptors (Lipinski definition) is 6. The molecule has 1 aliphatic rings. The van der Waals surface area contributed by atoms with Gasteiger partial charge in [0.25, 0.3) is 16.0 Å². The van der Waals surface area contributed by atoms with Crippen molar-refractivity contribution in [3.8, 4) is 0 Å². The number of quaternary nitrogens is 1. The summed E-state index contributed by atoms with van der Waals surface area (Å²) < 4.78 is 31.1. The molecule has 9 heteroatoms. The highest BCUT2D eigenvalue weighted by atomic mass is 32.2. The molecule has 2 atom stereocenters. The van der Waals surface area contributed by atoms with E-state index in [0.717, 1.165) is 12.8 Å². The minimum absolute atomic E-state index is 0.0574. The Labute approximate surface area is 193 Å². The number of carbonyl (C=O) groups excluding carboxylic acids is 1. The van der Waals surface area contributed by atoms with Gasteiger partial charge in [0, 0.05) is 6.42 Å². The van der Waals surface area contributed by atoms with Crippen molar-refractivity contribution < 1.29 is 32.5 Å². The van der Waals surface area contributed by atoms with E-state index >= 15 is 0 Å². The van der Waals surface area contributed by atoms with Gasteiger partial charge in [0.1, 0.15) is 31.5 Å². The van der Waals surface area contributed by atoms with Gasteiger partial charge in [-0.15, -0.1) is 0 Å². The summed E-state index contributed by atoms with van der Waals surface area (Å²) in [4.78, 5) is 17.1. The second-order valence-corrected chi connectivity index (χ2v) is 10.3. The average molecular weight is 476 g/mol. The number of hydrogen-bond donors (Lipinski definition) is 3. The molecule has 0 aromatic heterocycles. The molecule has 1 heterocycles. The first-order valence-corrected chi connectivity index (χ1v) is 13.7. The van der Waals surface area contributed by atoms with Crippen LogP contribution in [-0.2, 0) is 14.9 Å². The standard InChI is InChI=1S/C23H42N2O6S/c1-2-3-4-5-6-7-8-9-10-11-12-13-14-22(28)23-24-15-16-25(23,17-18-26)19-21(27)20-32(29,30)31/h12-13,21,26-27H,2-11,14-20H2,1H3/p+1/b13-12+. The van der Waals surface area contributed by atoms with Crippen LogP contribution >= 0.6 is 0 Å². The van der Waals surface area contributed by atoms with Crippen LogP contribution in [0.2, 0.25) is 0 Å². The molecule has 0 aromatic carbocycles. The number of aliphatic hydroxyl groups is 2. The minimum Gasteiger partial charge on any atom is -0.390 e. The predicted molar refractivity (Wildman–Crippen MR) is 127 cm³/mol. The number of aliphatic hydroxyl groups excluding tert-OH is 2. The summed E-state index contributed by atoms with van der Waals surface area (Å²) in [6, 6.07) is 0. The maximum Gasteiger partial charge on any atom is 0.267 e. The fraction of sp³-hybridized carbons (Fsp3) is 0.826. The number of allylic oxidation sites excluding steroid dienone is 2. The molecule has 0 radical (unpaired) electrons. The maximum absolute atomic E-state index is 12.8. The molecular weight excluding hydrogens is 432 g/mol. The molecule has 186 valence electrons. The van der Waals surface area contributed by atoms with Crippen LogP contribution in [0.25, 0.3) is 0 Å². The molecule has 0 fully saturated rings. The molecule has 0 saturated heterocycles. The molecule has 0 bridgehead atoms. The molecule has 3 N–H and O–H groups in total. The third-order valence-corrected chi connectivity index (χ3v) is 6.73. The van der Waals surface area contributed by atoms with E-state index in [9.17, 15) is 23.4 Å². The minimum atomic E-state index is -4.34. The van der Waals surface area contributed by atoms with E-state index in [1.165, 1.54) is 51.4 Å². The number of carbonyl (C=O) groups is 1. The number of amidine groups is 1. The Kier molecular flexibility index (Phi) is 14.1. The highest BCUT2D eigenvalue weighted by molar-refractivity contribution is 7.85. The predicted octanol–water partition coefficient (Wildman–Crippen LogP) is 2.89. The van der Waals surface area contributed by atoms with E-state index in [0.29, 0.717) is 13.1 Å². The van der Waals surface area contributed by atoms with Crippen LogP contribution in [0.15, 0.2) is 17.1 Å². The van der Waals surface area contributed by atoms with Gasteiger partial charge in [-0.05, 0) is 12.8 Å². The van der Waals surface area contributed by atoms with Crippen molar-refractivity contribution >= 4 is 21.7 Å². The lowest BCUT2D eigenvalue weighted by atomic mass is 10.1. The molecule has 1 rings (SSSR count). The van der Waals surface area contributed by atoms with Crippen molar-refractivity contribution in [1.29, 1.82) is 0 Å². The van der Waals surface area contributed by atoms with Gasteiger partial charge < -0.3 is 10.2 Å². The number of nitrogens with zero attached hydrogens (tertiary/aromatic N) is 2. The van der Waals surface area contributed by atoms with E-state index in [1.807, 2.05) is 12.2 Å². The zero-order chi connectivity index (χ0) is 23.9. The van der Waals surface area contributed by atoms with Crippen molar-refractivity contribution in [2.24, 2.45) is 4.99 Å². The normalized spacial score (nSPS) is 20.1. The first-order chi connectivity index (χ1) is 15.2. The Morgan fingerprint density at radius 1 is 1.09 bits per heavy atom. The first kappa shape index (κ1) is 28.9. The molecule has 32 heavy (non-hydrogen) atoms. The van der Waals surface area contributed by atoms with Crippen LogP contribution in [0.4, 0.5) is 0 Å². The van der Waals surface area contributed by atoms with Crippen molar-refractivity contribution in [1.82, 2.24) is 0 Å². The molecule has 0 amide bonds. The fourth-order valence-electron chi connectivity index (χ4n) is 4.31. The van der Waals surface area contributed by atoms with Crippen LogP contribution in [0, 0.1) is 0 Å². The van der Waals surface area contributed by atoms with E-state index in [-0.39, 0.29) is 42.2 Å². The van der Waals surface area contributed by atoms with Gasteiger partial charge in [0.15, 0.2) is 0 Å². The van der Waals surface area contributed by atoms with E-state index in [2.05, 4.69) is 11.9 Å². The van der Waals surface area contributed by atoms with Crippen LogP contribution < -0.4 is 0 Å². The molecule has 0 aromatic rings. The molecule has 1 aliphatic heterocycles. The number of aliphatic imine (C=N–C) groups is 1. The third-order valence-electron chi connectivity index (χ3n) is 5.92. The third kappa shape index (κ3) is 11.7. The zero-order valence-electron chi connectivity index (χ0n) is 19.6. The Balaban J connectivity index is 2.41. The van der Waals surface area contributed by atoms with Crippen LogP contribution in [0.5, 0.6) is 0 Å². The molecular formula is C23H43N2O6S+. The van der Waals surface area contributed by atoms with Crippen molar-refractivity contribution in [3.05, 3.63) is 12.2 Å². The summed E-state index contributed by atoms with van der Waals surface area (Å²) in [5, 5.41) is 19.6. The molecule has 0 aliphatic carbocycles. The quantitative estimate of drug-likeness (QED) is 0.114. The monoisotopic (exact) mass is 475 g/mol. The Morgan fingerprint density at radius 3 is 2.31 bits per heavy atom. The summed E-state index contributed by atoms with van der Waals surface area (Å²) in [7, 11) is -4.34. The summed E-state index contributed by atoms with van der Waals surface area (Å²) in [6.07, 6.45) is 15.1. The number of rotatable bonds is 19. The number of ketones is 1. The summed E-state index contributed by atoms with van der Waals surface area (Å²) in [5.74, 6) is -0.724. The number of Topliss-reactive ketones (excluding diaryl/α,β-unsaturated/α-hetero) is 1. The van der Waals surface area contributed by atoms with Gasteiger partial charge >= 0.3 is 0 Å². The highest BCUT2D eigenvalue weighted by Gasteiger charge is 2.43. The van der Waals surface area contributed by atoms with Gasteiger partial charge in [-0.25, -0.2) is 4.99 Å². The lowest BCUT2D eigenvalue weighted by molar-refractivity contribution is -0.837. The van der Waals surface area contributed by atoms with Gasteiger partial charge in [-0.3, -0.25) is 13.8 Å². The second kappa shape index (κ2) is 15.7. The summed E-state index contributed by atoms with van der Waals surface area (Å²) >= 11 is 0. The van der Waals surface area contributed by atoms with Crippen LogP contribution in [0.1, 0.15) is 77.6 Å². The topological polar surface area (TPSA) is 124 Å². The van der Waals surface area contributed by atoms with Crippen LogP contribution in [-0.4, -0.2) is 83.9 Å². The van der Waals surface area contributed by atoms with E-state index < -0.39 is 22.0 Å². The van der Waals surface area contributed by atoms with Crippen molar-refractivity contribution in [3.63, 3.8) is 0 Å². The van der Waals surface area contributed by atoms with Crippen molar-refractivity contribution in [2.45, 2.75) is 83.7 Å². The summed E-state index contributed by atoms with van der Waals surface area (Å²) in [5.41, 5.74) is 0. The van der Waals surface area contributed by atoms with E-state index in [1.54, 1.807) is 0 Å². The maximum atomic E-state index is 12.8. The largest absolute Gasteiger partial charge is 0.390 e. The van der Waals surface area contributed by atoms with Gasteiger partial charge in [-0.1, -0.05) is 70.4 Å². The molecule has 0 spiro atoms. The average Bonchev–Trinajstić information content (AvgIpc) is 3.10. The van der Waals surface area contributed by atoms with E-state index in [4.69, 9.17) is 4.55 Å². The highest BCUT2D eigenvalue weighted by Crippen LogP contribution is 2.19. The molecule has 8 nitrogen and oxygen atoms in total. The summed E-state index contributed by atoms with van der Waals surface area (Å²) in [6.45, 7) is 2.86. The second-order valence-electron chi connectivity index (χ2n) is 8.82. The number of unbranched alkanes of at least 4 members (excludes halogenated alkanes) is 9. The van der Waals surface area contributed by atoms with Gasteiger partial charge in [0.2, 0.25) is 5.78 Å². The zero-order valence-corrected chi connectivity index (χ0v) is 20.4. The fourth-order valence-corrected chi connectivity index (χ4v) is 4.90. The molecule has 2 unspecified atom stereocenters. The Morgan fingerprint density at radius 2 is 1.72 bits per heavy atom. The Bertz CT molecular complexity index is 707. The lowest BCUT2D eigenvalue weighted by Crippen LogP contribution is -2.59. The van der Waals surface area contributed by atoms with Crippen molar-refractivity contribution in [2.75, 3.05) is 38.5 Å². The smallest absolute Gasteiger partial charge is 0.267 e. The first-order valence-electron chi connectivity index (χ1n) is 12.1. The van der Waals surface area contributed by atoms with Gasteiger partial charge in [-0.2, -0.15) is 8.42 Å². The van der Waals surface area contributed by atoms with Gasteiger partial charge in [0.05, 0.1) is 13.2 Å². The Hall–Kier alpha value is -1.13. The SMILES string of the molecule is CCCCCCCCCCC/C=C/CC(=O)C1=NCC[N+]1(CCO)CC(O)CS(=O)(=O)O. The lowest BCUT2D eigenvalue weighted by Gasteiger charge is -2.34. The molecule has 0 saturated carbocycles. The van der Waals surface area contributed by atoms with Crippen LogP contribution in [0.3, 0.4) is 0 Å².